The first kappa shape index (κ1) is 8.52. The van der Waals surface area contributed by atoms with Gasteiger partial charge in [0, 0.05) is 5.69 Å². The highest BCUT2D eigenvalue weighted by Gasteiger charge is 1.92. The molecule has 1 rings (SSSR count). The number of aromatic nitrogens is 1. The summed E-state index contributed by atoms with van der Waals surface area (Å²) in [5, 5.41) is 10.7. The van der Waals surface area contributed by atoms with Gasteiger partial charge < -0.3 is 9.94 Å². The first-order valence-electron chi connectivity index (χ1n) is 3.53. The van der Waals surface area contributed by atoms with Crippen molar-refractivity contribution in [1.29, 1.82) is 0 Å². The first-order chi connectivity index (χ1) is 5.83. The Hall–Kier alpha value is -1.58. The minimum absolute atomic E-state index is 0.325. The number of nitrogens with zero attached hydrogens (tertiary/aromatic N) is 2. The van der Waals surface area contributed by atoms with Crippen LogP contribution in [0.3, 0.4) is 0 Å². The van der Waals surface area contributed by atoms with Crippen molar-refractivity contribution in [2.45, 2.75) is 13.5 Å². The van der Waals surface area contributed by atoms with Gasteiger partial charge in [-0.3, -0.25) is 4.98 Å². The molecule has 0 atom stereocenters. The lowest BCUT2D eigenvalue weighted by Crippen LogP contribution is -1.94. The van der Waals surface area contributed by atoms with Crippen LogP contribution in [0.2, 0.25) is 0 Å². The van der Waals surface area contributed by atoms with Crippen molar-refractivity contribution < 1.29 is 9.94 Å². The van der Waals surface area contributed by atoms with E-state index in [2.05, 4.69) is 10.1 Å². The van der Waals surface area contributed by atoms with E-state index >= 15 is 0 Å². The van der Waals surface area contributed by atoms with Crippen molar-refractivity contribution in [3.8, 4) is 0 Å². The zero-order valence-corrected chi connectivity index (χ0v) is 6.77. The molecule has 1 N–H and O–H groups in total. The third-order valence-corrected chi connectivity index (χ3v) is 1.30. The maximum Gasteiger partial charge on any atom is 0.212 e. The van der Waals surface area contributed by atoms with E-state index in [0.29, 0.717) is 6.61 Å². The molecule has 0 aliphatic rings. The Morgan fingerprint density at radius 3 is 3.17 bits per heavy atom. The van der Waals surface area contributed by atoms with Gasteiger partial charge >= 0.3 is 0 Å². The van der Waals surface area contributed by atoms with Gasteiger partial charge in [-0.15, -0.1) is 0 Å². The van der Waals surface area contributed by atoms with Crippen molar-refractivity contribution in [3.63, 3.8) is 0 Å². The number of hydrogen-bond acceptors (Lipinski definition) is 4. The van der Waals surface area contributed by atoms with Crippen LogP contribution in [-0.4, -0.2) is 16.6 Å². The minimum Gasteiger partial charge on any atom is -0.474 e. The van der Waals surface area contributed by atoms with Gasteiger partial charge in [-0.25, -0.2) is 0 Å². The highest BCUT2D eigenvalue weighted by molar-refractivity contribution is 5.44. The molecular weight excluding hydrogens is 156 g/mol. The topological polar surface area (TPSA) is 54.7 Å². The zero-order valence-electron chi connectivity index (χ0n) is 6.77. The summed E-state index contributed by atoms with van der Waals surface area (Å²) in [4.78, 5) is 4.18. The molecule has 0 amide bonds. The van der Waals surface area contributed by atoms with E-state index in [-0.39, 0.29) is 0 Å². The highest BCUT2D eigenvalue weighted by atomic mass is 16.5. The molecule has 64 valence electrons. The van der Waals surface area contributed by atoms with Crippen LogP contribution >= 0.6 is 0 Å². The molecule has 12 heavy (non-hydrogen) atoms. The number of hydrogen-bond donors (Lipinski definition) is 1. The molecule has 1 heterocycles. The van der Waals surface area contributed by atoms with Gasteiger partial charge in [0.1, 0.15) is 6.61 Å². The fraction of sp³-hybridized carbons (Fsp3) is 0.250. The molecule has 0 unspecified atom stereocenters. The largest absolute Gasteiger partial charge is 0.474 e. The Kier molecular flexibility index (Phi) is 3.07. The van der Waals surface area contributed by atoms with Gasteiger partial charge in [-0.2, -0.15) is 0 Å². The molecule has 0 aliphatic carbocycles. The van der Waals surface area contributed by atoms with Crippen LogP contribution in [0.1, 0.15) is 11.4 Å². The van der Waals surface area contributed by atoms with Crippen LogP contribution in [0, 0.1) is 6.92 Å². The van der Waals surface area contributed by atoms with E-state index in [1.807, 2.05) is 25.1 Å². The van der Waals surface area contributed by atoms with Gasteiger partial charge in [0.15, 0.2) is 0 Å². The number of pyridine rings is 1. The summed E-state index contributed by atoms with van der Waals surface area (Å²) in [7, 11) is 0. The van der Waals surface area contributed by atoms with Crippen molar-refractivity contribution in [3.05, 3.63) is 29.6 Å². The Morgan fingerprint density at radius 2 is 2.50 bits per heavy atom. The second-order valence-corrected chi connectivity index (χ2v) is 2.30. The Bertz CT molecular complexity index is 274. The van der Waals surface area contributed by atoms with E-state index < -0.39 is 0 Å². The molecule has 0 saturated heterocycles. The van der Waals surface area contributed by atoms with Crippen molar-refractivity contribution in [2.24, 2.45) is 5.16 Å². The summed E-state index contributed by atoms with van der Waals surface area (Å²) < 4.78 is 4.82. The quantitative estimate of drug-likeness (QED) is 0.319. The smallest absolute Gasteiger partial charge is 0.212 e. The molecule has 0 saturated carbocycles. The van der Waals surface area contributed by atoms with Crippen LogP contribution in [0.5, 0.6) is 0 Å². The fourth-order valence-corrected chi connectivity index (χ4v) is 0.836. The maximum absolute atomic E-state index is 8.02. The second kappa shape index (κ2) is 4.33. The average molecular weight is 166 g/mol. The van der Waals surface area contributed by atoms with Crippen LogP contribution in [0.4, 0.5) is 0 Å². The van der Waals surface area contributed by atoms with E-state index in [4.69, 9.17) is 9.94 Å². The van der Waals surface area contributed by atoms with Gasteiger partial charge in [-0.1, -0.05) is 11.2 Å². The first-order valence-corrected chi connectivity index (χ1v) is 3.53. The number of oxime groups is 1. The second-order valence-electron chi connectivity index (χ2n) is 2.30. The van der Waals surface area contributed by atoms with Crippen LogP contribution in [0.15, 0.2) is 23.4 Å². The SMILES string of the molecule is Cc1cccc(COC=NO)n1. The molecule has 0 spiro atoms. The van der Waals surface area contributed by atoms with E-state index in [0.717, 1.165) is 17.8 Å². The molecule has 1 aromatic heterocycles. The number of ether oxygens (including phenoxy) is 1. The summed E-state index contributed by atoms with van der Waals surface area (Å²) in [6.45, 7) is 2.23. The lowest BCUT2D eigenvalue weighted by molar-refractivity contribution is 0.259. The molecule has 1 aromatic rings. The molecule has 0 aliphatic heterocycles. The monoisotopic (exact) mass is 166 g/mol. The lowest BCUT2D eigenvalue weighted by atomic mass is 10.3. The molecule has 4 nitrogen and oxygen atoms in total. The Morgan fingerprint density at radius 1 is 1.67 bits per heavy atom. The van der Waals surface area contributed by atoms with Gasteiger partial charge in [0.2, 0.25) is 6.40 Å². The van der Waals surface area contributed by atoms with Crippen molar-refractivity contribution in [2.75, 3.05) is 0 Å². The van der Waals surface area contributed by atoms with Gasteiger partial charge in [0.05, 0.1) is 5.69 Å². The normalized spacial score (nSPS) is 10.4. The number of aryl methyl sites for hydroxylation is 1. The van der Waals surface area contributed by atoms with Crippen molar-refractivity contribution >= 4 is 6.40 Å². The molecule has 4 heteroatoms. The van der Waals surface area contributed by atoms with Crippen molar-refractivity contribution in [1.82, 2.24) is 4.98 Å². The fourth-order valence-electron chi connectivity index (χ4n) is 0.836. The van der Waals surface area contributed by atoms with E-state index in [1.165, 1.54) is 0 Å². The van der Waals surface area contributed by atoms with Crippen LogP contribution in [0.25, 0.3) is 0 Å². The molecular formula is C8H10N2O2. The zero-order chi connectivity index (χ0) is 8.81. The minimum atomic E-state index is 0.325. The Labute approximate surface area is 70.5 Å². The van der Waals surface area contributed by atoms with E-state index in [9.17, 15) is 0 Å². The third kappa shape index (κ3) is 2.57. The van der Waals surface area contributed by atoms with Gasteiger partial charge in [-0.05, 0) is 19.1 Å². The molecule has 0 bridgehead atoms. The number of rotatable bonds is 3. The average Bonchev–Trinajstić information content (AvgIpc) is 2.05. The molecule has 0 fully saturated rings. The summed E-state index contributed by atoms with van der Waals surface area (Å²) in [5.41, 5.74) is 1.76. The molecule has 0 radical (unpaired) electrons. The lowest BCUT2D eigenvalue weighted by Gasteiger charge is -1.99. The molecule has 0 aromatic carbocycles. The maximum atomic E-state index is 8.02. The summed E-state index contributed by atoms with van der Waals surface area (Å²) in [5.74, 6) is 0. The Balaban J connectivity index is 2.52. The third-order valence-electron chi connectivity index (χ3n) is 1.30. The summed E-state index contributed by atoms with van der Waals surface area (Å²) in [6.07, 6.45) is 0.976. The summed E-state index contributed by atoms with van der Waals surface area (Å²) in [6, 6.07) is 5.65. The van der Waals surface area contributed by atoms with Crippen LogP contribution in [-0.2, 0) is 11.3 Å². The predicted molar refractivity (Wildman–Crippen MR) is 44.0 cm³/mol. The summed E-state index contributed by atoms with van der Waals surface area (Å²) >= 11 is 0. The van der Waals surface area contributed by atoms with E-state index in [1.54, 1.807) is 0 Å². The highest BCUT2D eigenvalue weighted by Crippen LogP contribution is 1.98. The van der Waals surface area contributed by atoms with Gasteiger partial charge in [0.25, 0.3) is 0 Å². The predicted octanol–water partition coefficient (Wildman–Crippen LogP) is 1.32. The van der Waals surface area contributed by atoms with Crippen LogP contribution < -0.4 is 0 Å². The standard InChI is InChI=1S/C8H10N2O2/c1-7-3-2-4-8(10-7)5-12-6-9-11/h2-4,6,11H,5H2,1H3.